The van der Waals surface area contributed by atoms with E-state index in [4.69, 9.17) is 14.2 Å². The standard InChI is InChI=1S/C22H33FN2O5/c1-14(2)19(24-21(27)30-22(3,4)5)20(26)25-11-9-16(10-12-25)29-17-8-7-15(23)13-18(17)28-6/h7-8,13-14,16,19H,9-12H2,1-6H3,(H,24,27)/t19-/m0/s1. The Morgan fingerprint density at radius 2 is 1.80 bits per heavy atom. The molecule has 1 N–H and O–H groups in total. The molecule has 7 nitrogen and oxygen atoms in total. The van der Waals surface area contributed by atoms with Crippen LogP contribution in [0, 0.1) is 11.7 Å². The first kappa shape index (κ1) is 23.8. The molecule has 1 aliphatic rings. The van der Waals surface area contributed by atoms with E-state index in [0.29, 0.717) is 37.4 Å². The number of carbonyl (C=O) groups excluding carboxylic acids is 2. The lowest BCUT2D eigenvalue weighted by molar-refractivity contribution is -0.136. The van der Waals surface area contributed by atoms with E-state index >= 15 is 0 Å². The van der Waals surface area contributed by atoms with Gasteiger partial charge in [-0.05, 0) is 38.8 Å². The highest BCUT2D eigenvalue weighted by Gasteiger charge is 2.33. The third-order valence-corrected chi connectivity index (χ3v) is 4.78. The number of ether oxygens (including phenoxy) is 3. The number of methoxy groups -OCH3 is 1. The van der Waals surface area contributed by atoms with Crippen LogP contribution in [0.2, 0.25) is 0 Å². The van der Waals surface area contributed by atoms with E-state index in [2.05, 4.69) is 5.32 Å². The molecule has 1 saturated heterocycles. The predicted octanol–water partition coefficient (Wildman–Crippen LogP) is 3.75. The fourth-order valence-electron chi connectivity index (χ4n) is 3.26. The van der Waals surface area contributed by atoms with Crippen molar-refractivity contribution in [2.45, 2.75) is 65.2 Å². The fourth-order valence-corrected chi connectivity index (χ4v) is 3.26. The molecule has 0 bridgehead atoms. The minimum atomic E-state index is -0.658. The van der Waals surface area contributed by atoms with Gasteiger partial charge in [-0.2, -0.15) is 0 Å². The number of alkyl carbamates (subject to hydrolysis) is 1. The van der Waals surface area contributed by atoms with Gasteiger partial charge in [-0.25, -0.2) is 9.18 Å². The maximum absolute atomic E-state index is 13.4. The second-order valence-electron chi connectivity index (χ2n) is 8.81. The number of hydrogen-bond donors (Lipinski definition) is 1. The molecule has 0 aromatic heterocycles. The topological polar surface area (TPSA) is 77.1 Å². The highest BCUT2D eigenvalue weighted by molar-refractivity contribution is 5.86. The Kier molecular flexibility index (Phi) is 7.92. The summed E-state index contributed by atoms with van der Waals surface area (Å²) >= 11 is 0. The van der Waals surface area contributed by atoms with Crippen LogP contribution in [-0.4, -0.2) is 54.8 Å². The monoisotopic (exact) mass is 424 g/mol. The van der Waals surface area contributed by atoms with Gasteiger partial charge in [0.1, 0.15) is 23.6 Å². The van der Waals surface area contributed by atoms with Crippen LogP contribution in [0.25, 0.3) is 0 Å². The van der Waals surface area contributed by atoms with Gasteiger partial charge in [0.05, 0.1) is 7.11 Å². The molecule has 0 spiro atoms. The highest BCUT2D eigenvalue weighted by Crippen LogP contribution is 2.30. The molecule has 168 valence electrons. The smallest absolute Gasteiger partial charge is 0.408 e. The number of benzene rings is 1. The summed E-state index contributed by atoms with van der Waals surface area (Å²) in [5.41, 5.74) is -0.633. The molecule has 1 aliphatic heterocycles. The Labute approximate surface area is 177 Å². The number of amides is 2. The van der Waals surface area contributed by atoms with Gasteiger partial charge in [-0.15, -0.1) is 0 Å². The van der Waals surface area contributed by atoms with E-state index in [1.165, 1.54) is 19.2 Å². The van der Waals surface area contributed by atoms with Crippen molar-refractivity contribution in [3.63, 3.8) is 0 Å². The molecule has 30 heavy (non-hydrogen) atoms. The number of nitrogens with one attached hydrogen (secondary N) is 1. The van der Waals surface area contributed by atoms with Crippen molar-refractivity contribution in [3.8, 4) is 11.5 Å². The quantitative estimate of drug-likeness (QED) is 0.753. The van der Waals surface area contributed by atoms with Gasteiger partial charge < -0.3 is 24.4 Å². The zero-order valence-electron chi connectivity index (χ0n) is 18.7. The van der Waals surface area contributed by atoms with Gasteiger partial charge in [0.2, 0.25) is 5.91 Å². The summed E-state index contributed by atoms with van der Waals surface area (Å²) in [5, 5.41) is 2.71. The number of likely N-dealkylation sites (tertiary alicyclic amines) is 1. The van der Waals surface area contributed by atoms with E-state index < -0.39 is 23.6 Å². The molecule has 1 aromatic carbocycles. The first-order valence-corrected chi connectivity index (χ1v) is 10.3. The Hall–Kier alpha value is -2.51. The number of hydrogen-bond acceptors (Lipinski definition) is 5. The predicted molar refractivity (Wildman–Crippen MR) is 111 cm³/mol. The molecule has 2 amide bonds. The zero-order chi connectivity index (χ0) is 22.5. The van der Waals surface area contributed by atoms with E-state index in [-0.39, 0.29) is 17.9 Å². The summed E-state index contributed by atoms with van der Waals surface area (Å²) in [6.07, 6.45) is 0.549. The van der Waals surface area contributed by atoms with E-state index in [0.717, 1.165) is 0 Å². The van der Waals surface area contributed by atoms with Crippen molar-refractivity contribution in [1.29, 1.82) is 0 Å². The molecule has 1 heterocycles. The molecule has 8 heteroatoms. The van der Waals surface area contributed by atoms with Gasteiger partial charge in [-0.1, -0.05) is 13.8 Å². The second kappa shape index (κ2) is 10.00. The maximum atomic E-state index is 13.4. The summed E-state index contributed by atoms with van der Waals surface area (Å²) < 4.78 is 29.8. The SMILES string of the molecule is COc1cc(F)ccc1OC1CCN(C(=O)[C@@H](NC(=O)OC(C)(C)C)C(C)C)CC1. The fraction of sp³-hybridized carbons (Fsp3) is 0.636. The Bertz CT molecular complexity index is 740. The molecule has 2 rings (SSSR count). The van der Waals surface area contributed by atoms with Crippen LogP contribution in [0.5, 0.6) is 11.5 Å². The first-order valence-electron chi connectivity index (χ1n) is 10.3. The molecular weight excluding hydrogens is 391 g/mol. The van der Waals surface area contributed by atoms with Crippen molar-refractivity contribution in [2.24, 2.45) is 5.92 Å². The van der Waals surface area contributed by atoms with E-state index in [1.807, 2.05) is 13.8 Å². The maximum Gasteiger partial charge on any atom is 0.408 e. The van der Waals surface area contributed by atoms with Gasteiger partial charge in [0.25, 0.3) is 0 Å². The molecule has 0 radical (unpaired) electrons. The third kappa shape index (κ3) is 6.78. The highest BCUT2D eigenvalue weighted by atomic mass is 19.1. The third-order valence-electron chi connectivity index (χ3n) is 4.78. The average molecular weight is 425 g/mol. The largest absolute Gasteiger partial charge is 0.493 e. The molecule has 1 atom stereocenters. The molecule has 0 unspecified atom stereocenters. The number of halogens is 1. The van der Waals surface area contributed by atoms with E-state index in [9.17, 15) is 14.0 Å². The summed E-state index contributed by atoms with van der Waals surface area (Å²) in [5.74, 6) is 0.221. The van der Waals surface area contributed by atoms with Crippen LogP contribution in [0.1, 0.15) is 47.5 Å². The van der Waals surface area contributed by atoms with E-state index in [1.54, 1.807) is 31.7 Å². The van der Waals surface area contributed by atoms with Crippen LogP contribution in [0.4, 0.5) is 9.18 Å². The van der Waals surface area contributed by atoms with Crippen LogP contribution in [0.15, 0.2) is 18.2 Å². The number of piperidine rings is 1. The molecular formula is C22H33FN2O5. The van der Waals surface area contributed by atoms with Crippen molar-refractivity contribution < 1.29 is 28.2 Å². The van der Waals surface area contributed by atoms with Crippen molar-refractivity contribution >= 4 is 12.0 Å². The summed E-state index contributed by atoms with van der Waals surface area (Å²) in [6.45, 7) is 10.1. The van der Waals surface area contributed by atoms with Crippen LogP contribution in [0.3, 0.4) is 0 Å². The van der Waals surface area contributed by atoms with Gasteiger partial charge >= 0.3 is 6.09 Å². The summed E-state index contributed by atoms with van der Waals surface area (Å²) in [7, 11) is 1.46. The van der Waals surface area contributed by atoms with Crippen molar-refractivity contribution in [3.05, 3.63) is 24.0 Å². The second-order valence-corrected chi connectivity index (χ2v) is 8.81. The van der Waals surface area contributed by atoms with Crippen LogP contribution < -0.4 is 14.8 Å². The first-order chi connectivity index (χ1) is 14.0. The normalized spacial score (nSPS) is 16.2. The minimum absolute atomic E-state index is 0.0810. The van der Waals surface area contributed by atoms with Crippen LogP contribution >= 0.6 is 0 Å². The Morgan fingerprint density at radius 1 is 1.17 bits per heavy atom. The van der Waals surface area contributed by atoms with Gasteiger partial charge in [0.15, 0.2) is 11.5 Å². The summed E-state index contributed by atoms with van der Waals surface area (Å²) in [6, 6.07) is 3.50. The van der Waals surface area contributed by atoms with Crippen LogP contribution in [-0.2, 0) is 9.53 Å². The molecule has 0 saturated carbocycles. The molecule has 1 fully saturated rings. The van der Waals surface area contributed by atoms with Gasteiger partial charge in [-0.3, -0.25) is 4.79 Å². The molecule has 1 aromatic rings. The zero-order valence-corrected chi connectivity index (χ0v) is 18.7. The summed E-state index contributed by atoms with van der Waals surface area (Å²) in [4.78, 5) is 26.9. The van der Waals surface area contributed by atoms with Crippen molar-refractivity contribution in [2.75, 3.05) is 20.2 Å². The molecule has 0 aliphatic carbocycles. The number of carbonyl (C=O) groups is 2. The Balaban J connectivity index is 1.94. The minimum Gasteiger partial charge on any atom is -0.493 e. The lowest BCUT2D eigenvalue weighted by Gasteiger charge is -2.35. The number of rotatable bonds is 6. The van der Waals surface area contributed by atoms with Crippen molar-refractivity contribution in [1.82, 2.24) is 10.2 Å². The lowest BCUT2D eigenvalue weighted by Crippen LogP contribution is -2.54. The Morgan fingerprint density at radius 3 is 2.33 bits per heavy atom. The number of nitrogens with zero attached hydrogens (tertiary/aromatic N) is 1. The lowest BCUT2D eigenvalue weighted by atomic mass is 10.0. The average Bonchev–Trinajstić information content (AvgIpc) is 2.66. The van der Waals surface area contributed by atoms with Gasteiger partial charge in [0, 0.05) is 32.0 Å².